The average Bonchev–Trinajstić information content (AvgIpc) is 3.05. The molecule has 0 radical (unpaired) electrons. The van der Waals surface area contributed by atoms with Crippen molar-refractivity contribution >= 4 is 11.3 Å². The van der Waals surface area contributed by atoms with Gasteiger partial charge in [-0.05, 0) is 39.5 Å². The van der Waals surface area contributed by atoms with Crippen LogP contribution in [0.4, 0.5) is 0 Å². The van der Waals surface area contributed by atoms with Gasteiger partial charge < -0.3 is 10.1 Å². The lowest BCUT2D eigenvalue weighted by atomic mass is 9.83. The Labute approximate surface area is 126 Å². The molecule has 0 bridgehead atoms. The van der Waals surface area contributed by atoms with E-state index in [1.165, 1.54) is 50.0 Å². The summed E-state index contributed by atoms with van der Waals surface area (Å²) in [6.07, 6.45) is 9.56. The summed E-state index contributed by atoms with van der Waals surface area (Å²) in [5.74, 6) is 0. The molecule has 1 N–H and O–H groups in total. The molecule has 1 spiro atoms. The molecule has 20 heavy (non-hydrogen) atoms. The highest BCUT2D eigenvalue weighted by atomic mass is 32.1. The van der Waals surface area contributed by atoms with Crippen molar-refractivity contribution in [2.75, 3.05) is 6.54 Å². The Balaban J connectivity index is 1.47. The molecule has 1 saturated carbocycles. The van der Waals surface area contributed by atoms with Crippen LogP contribution in [-0.4, -0.2) is 23.2 Å². The third kappa shape index (κ3) is 3.23. The normalized spacial score (nSPS) is 27.0. The predicted molar refractivity (Wildman–Crippen MR) is 83.2 cm³/mol. The van der Waals surface area contributed by atoms with Gasteiger partial charge in [-0.25, -0.2) is 4.98 Å². The standard InChI is InChI=1S/C16H26N2OS/c1-12-11-20-15(18-12)13(2)17-10-14-6-9-16(19-14)7-4-3-5-8-16/h11,13-14,17H,3-10H2,1-2H3. The molecule has 3 nitrogen and oxygen atoms in total. The number of aryl methyl sites for hydroxylation is 1. The number of nitrogens with zero attached hydrogens (tertiary/aromatic N) is 1. The van der Waals surface area contributed by atoms with E-state index in [0.29, 0.717) is 12.1 Å². The maximum absolute atomic E-state index is 6.40. The molecule has 2 unspecified atom stereocenters. The summed E-state index contributed by atoms with van der Waals surface area (Å²) in [6, 6.07) is 0.334. The molecule has 1 aliphatic carbocycles. The van der Waals surface area contributed by atoms with Crippen LogP contribution in [0.25, 0.3) is 0 Å². The number of aromatic nitrogens is 1. The van der Waals surface area contributed by atoms with Crippen LogP contribution in [0.1, 0.15) is 68.6 Å². The number of nitrogens with one attached hydrogen (secondary N) is 1. The molecule has 2 atom stereocenters. The minimum absolute atomic E-state index is 0.242. The predicted octanol–water partition coefficient (Wildman–Crippen LogP) is 3.98. The van der Waals surface area contributed by atoms with Gasteiger partial charge >= 0.3 is 0 Å². The van der Waals surface area contributed by atoms with E-state index in [0.717, 1.165) is 12.2 Å². The van der Waals surface area contributed by atoms with E-state index >= 15 is 0 Å². The number of hydrogen-bond acceptors (Lipinski definition) is 4. The first-order valence-corrected chi connectivity index (χ1v) is 8.88. The van der Waals surface area contributed by atoms with E-state index in [1.807, 2.05) is 0 Å². The second-order valence-corrected chi connectivity index (χ2v) is 7.37. The fraction of sp³-hybridized carbons (Fsp3) is 0.812. The third-order valence-electron chi connectivity index (χ3n) is 4.76. The Bertz CT molecular complexity index is 439. The first-order valence-electron chi connectivity index (χ1n) is 8.00. The molecule has 2 heterocycles. The maximum Gasteiger partial charge on any atom is 0.110 e. The maximum atomic E-state index is 6.40. The summed E-state index contributed by atoms with van der Waals surface area (Å²) in [5, 5.41) is 6.91. The van der Waals surface area contributed by atoms with Crippen molar-refractivity contribution in [3.8, 4) is 0 Å². The van der Waals surface area contributed by atoms with Gasteiger partial charge in [-0.2, -0.15) is 0 Å². The smallest absolute Gasteiger partial charge is 0.110 e. The third-order valence-corrected chi connectivity index (χ3v) is 5.91. The van der Waals surface area contributed by atoms with Crippen LogP contribution < -0.4 is 5.32 Å². The topological polar surface area (TPSA) is 34.1 Å². The first kappa shape index (κ1) is 14.5. The minimum atomic E-state index is 0.242. The largest absolute Gasteiger partial charge is 0.370 e. The van der Waals surface area contributed by atoms with Crippen molar-refractivity contribution in [3.63, 3.8) is 0 Å². The van der Waals surface area contributed by atoms with Gasteiger partial charge in [0.25, 0.3) is 0 Å². The number of thiazole rings is 1. The van der Waals surface area contributed by atoms with Crippen LogP contribution in [0.2, 0.25) is 0 Å². The Hall–Kier alpha value is -0.450. The van der Waals surface area contributed by atoms with Crippen molar-refractivity contribution in [2.45, 2.75) is 76.5 Å². The lowest BCUT2D eigenvalue weighted by Crippen LogP contribution is -2.35. The molecule has 2 aliphatic rings. The summed E-state index contributed by atoms with van der Waals surface area (Å²) in [7, 11) is 0. The number of ether oxygens (including phenoxy) is 1. The van der Waals surface area contributed by atoms with Crippen LogP contribution in [0.5, 0.6) is 0 Å². The second kappa shape index (κ2) is 6.12. The quantitative estimate of drug-likeness (QED) is 0.912. The molecule has 0 aromatic carbocycles. The Morgan fingerprint density at radius 2 is 2.20 bits per heavy atom. The summed E-state index contributed by atoms with van der Waals surface area (Å²) < 4.78 is 6.40. The van der Waals surface area contributed by atoms with Crippen LogP contribution in [0, 0.1) is 6.92 Å². The van der Waals surface area contributed by atoms with Gasteiger partial charge in [0, 0.05) is 17.6 Å². The van der Waals surface area contributed by atoms with Gasteiger partial charge in [-0.3, -0.25) is 0 Å². The molecule has 4 heteroatoms. The molecule has 1 saturated heterocycles. The van der Waals surface area contributed by atoms with Gasteiger partial charge in [0.1, 0.15) is 5.01 Å². The van der Waals surface area contributed by atoms with Crippen LogP contribution in [0.3, 0.4) is 0 Å². The van der Waals surface area contributed by atoms with Crippen molar-refractivity contribution in [2.24, 2.45) is 0 Å². The molecular formula is C16H26N2OS. The number of hydrogen-bond donors (Lipinski definition) is 1. The van der Waals surface area contributed by atoms with Crippen LogP contribution in [-0.2, 0) is 4.74 Å². The van der Waals surface area contributed by atoms with Crippen molar-refractivity contribution in [1.29, 1.82) is 0 Å². The molecule has 0 amide bonds. The fourth-order valence-electron chi connectivity index (χ4n) is 3.57. The van der Waals surface area contributed by atoms with Crippen LogP contribution >= 0.6 is 11.3 Å². The minimum Gasteiger partial charge on any atom is -0.370 e. The zero-order valence-corrected chi connectivity index (χ0v) is 13.5. The lowest BCUT2D eigenvalue weighted by Gasteiger charge is -2.33. The zero-order chi connectivity index (χ0) is 14.0. The van der Waals surface area contributed by atoms with Crippen molar-refractivity contribution in [1.82, 2.24) is 10.3 Å². The molecule has 1 aromatic rings. The zero-order valence-electron chi connectivity index (χ0n) is 12.7. The van der Waals surface area contributed by atoms with E-state index in [1.54, 1.807) is 11.3 Å². The second-order valence-electron chi connectivity index (χ2n) is 6.48. The van der Waals surface area contributed by atoms with Gasteiger partial charge in [0.2, 0.25) is 0 Å². The van der Waals surface area contributed by atoms with Gasteiger partial charge in [0.05, 0.1) is 17.7 Å². The monoisotopic (exact) mass is 294 g/mol. The number of rotatable bonds is 4. The van der Waals surface area contributed by atoms with E-state index in [-0.39, 0.29) is 5.60 Å². The molecular weight excluding hydrogens is 268 g/mol. The van der Waals surface area contributed by atoms with E-state index < -0.39 is 0 Å². The average molecular weight is 294 g/mol. The van der Waals surface area contributed by atoms with E-state index in [2.05, 4.69) is 29.5 Å². The van der Waals surface area contributed by atoms with Gasteiger partial charge in [-0.1, -0.05) is 19.3 Å². The van der Waals surface area contributed by atoms with Crippen molar-refractivity contribution in [3.05, 3.63) is 16.1 Å². The van der Waals surface area contributed by atoms with Gasteiger partial charge in [0.15, 0.2) is 0 Å². The summed E-state index contributed by atoms with van der Waals surface area (Å²) >= 11 is 1.75. The van der Waals surface area contributed by atoms with E-state index in [9.17, 15) is 0 Å². The lowest BCUT2D eigenvalue weighted by molar-refractivity contribution is -0.0628. The summed E-state index contributed by atoms with van der Waals surface area (Å²) in [4.78, 5) is 4.55. The Morgan fingerprint density at radius 1 is 1.40 bits per heavy atom. The Morgan fingerprint density at radius 3 is 2.90 bits per heavy atom. The van der Waals surface area contributed by atoms with E-state index in [4.69, 9.17) is 4.74 Å². The highest BCUT2D eigenvalue weighted by Gasteiger charge is 2.40. The highest BCUT2D eigenvalue weighted by Crippen LogP contribution is 2.41. The SMILES string of the molecule is Cc1csc(C(C)NCC2CCC3(CCCCC3)O2)n1. The van der Waals surface area contributed by atoms with Gasteiger partial charge in [-0.15, -0.1) is 11.3 Å². The molecule has 3 rings (SSSR count). The molecule has 1 aliphatic heterocycles. The highest BCUT2D eigenvalue weighted by molar-refractivity contribution is 7.09. The summed E-state index contributed by atoms with van der Waals surface area (Å²) in [5.41, 5.74) is 1.36. The molecule has 2 fully saturated rings. The fourth-order valence-corrected chi connectivity index (χ4v) is 4.40. The molecule has 1 aromatic heterocycles. The molecule has 112 valence electrons. The first-order chi connectivity index (χ1) is 9.67. The Kier molecular flexibility index (Phi) is 4.43. The van der Waals surface area contributed by atoms with Crippen molar-refractivity contribution < 1.29 is 4.74 Å². The summed E-state index contributed by atoms with van der Waals surface area (Å²) in [6.45, 7) is 5.21. The van der Waals surface area contributed by atoms with Crippen LogP contribution in [0.15, 0.2) is 5.38 Å².